The van der Waals surface area contributed by atoms with Crippen LogP contribution in [0.25, 0.3) is 22.4 Å². The van der Waals surface area contributed by atoms with Crippen LogP contribution in [0, 0.1) is 6.92 Å². The van der Waals surface area contributed by atoms with E-state index in [-0.39, 0.29) is 11.6 Å². The Morgan fingerprint density at radius 2 is 2.07 bits per heavy atom. The lowest BCUT2D eigenvalue weighted by atomic mass is 10.1. The first kappa shape index (κ1) is 17.0. The number of aromatic amines is 1. The van der Waals surface area contributed by atoms with Crippen molar-refractivity contribution in [2.75, 3.05) is 0 Å². The number of hydrogen-bond acceptors (Lipinski definition) is 5. The third kappa shape index (κ3) is 3.32. The predicted octanol–water partition coefficient (Wildman–Crippen LogP) is 4.47. The van der Waals surface area contributed by atoms with Gasteiger partial charge in [-0.05, 0) is 42.8 Å². The maximum atomic E-state index is 11.3. The Hall–Kier alpha value is -3.45. The Labute approximate surface area is 158 Å². The van der Waals surface area contributed by atoms with E-state index < -0.39 is 5.97 Å². The van der Waals surface area contributed by atoms with Gasteiger partial charge in [0.25, 0.3) is 0 Å². The fourth-order valence-electron chi connectivity index (χ4n) is 2.66. The van der Waals surface area contributed by atoms with E-state index in [0.717, 1.165) is 5.56 Å². The molecule has 0 fully saturated rings. The number of fused-ring (bicyclic) bond motifs is 1. The molecule has 0 bridgehead atoms. The van der Waals surface area contributed by atoms with Gasteiger partial charge in [-0.1, -0.05) is 17.7 Å². The predicted molar refractivity (Wildman–Crippen MR) is 100 cm³/mol. The molecule has 0 aliphatic carbocycles. The minimum absolute atomic E-state index is 0.170. The summed E-state index contributed by atoms with van der Waals surface area (Å²) >= 11 is 6.34. The van der Waals surface area contributed by atoms with Gasteiger partial charge in [0, 0.05) is 18.0 Å². The van der Waals surface area contributed by atoms with E-state index in [1.807, 2.05) is 6.07 Å². The van der Waals surface area contributed by atoms with Crippen molar-refractivity contribution in [2.45, 2.75) is 6.92 Å². The number of H-pyrrole nitrogens is 1. The molecule has 27 heavy (non-hydrogen) atoms. The van der Waals surface area contributed by atoms with Crippen LogP contribution in [0.5, 0.6) is 11.8 Å². The van der Waals surface area contributed by atoms with Crippen LogP contribution in [0.4, 0.5) is 0 Å². The number of aromatic carboxylic acids is 1. The second-order valence-electron chi connectivity index (χ2n) is 5.86. The van der Waals surface area contributed by atoms with Gasteiger partial charge in [-0.25, -0.2) is 9.78 Å². The number of aryl methyl sites for hydroxylation is 1. The van der Waals surface area contributed by atoms with Gasteiger partial charge in [0.2, 0.25) is 0 Å². The molecule has 3 aromatic heterocycles. The summed E-state index contributed by atoms with van der Waals surface area (Å²) in [6.07, 6.45) is 3.34. The average molecular weight is 381 g/mol. The zero-order valence-corrected chi connectivity index (χ0v) is 14.9. The van der Waals surface area contributed by atoms with Crippen molar-refractivity contribution in [3.05, 3.63) is 64.9 Å². The van der Waals surface area contributed by atoms with Gasteiger partial charge < -0.3 is 14.8 Å². The van der Waals surface area contributed by atoms with Crippen molar-refractivity contribution in [2.24, 2.45) is 0 Å². The van der Waals surface area contributed by atoms with Crippen LogP contribution in [-0.2, 0) is 0 Å². The summed E-state index contributed by atoms with van der Waals surface area (Å²) in [5, 5.41) is 9.68. The van der Waals surface area contributed by atoms with Gasteiger partial charge in [0.1, 0.15) is 5.75 Å². The summed E-state index contributed by atoms with van der Waals surface area (Å²) < 4.78 is 5.67. The number of halogens is 1. The second-order valence-corrected chi connectivity index (χ2v) is 6.26. The van der Waals surface area contributed by atoms with Gasteiger partial charge in [0.05, 0.1) is 21.8 Å². The molecule has 0 saturated carbocycles. The van der Waals surface area contributed by atoms with E-state index in [1.165, 1.54) is 6.07 Å². The number of carboxylic acids is 1. The van der Waals surface area contributed by atoms with Gasteiger partial charge in [-0.2, -0.15) is 4.98 Å². The number of aromatic nitrogens is 4. The summed E-state index contributed by atoms with van der Waals surface area (Å²) in [5.74, 6) is -0.659. The van der Waals surface area contributed by atoms with Gasteiger partial charge in [0.15, 0.2) is 5.65 Å². The van der Waals surface area contributed by atoms with E-state index in [0.29, 0.717) is 33.2 Å². The highest BCUT2D eigenvalue weighted by atomic mass is 35.5. The number of carboxylic acid groups (broad SMARTS) is 1. The Balaban J connectivity index is 1.70. The molecule has 3 heterocycles. The van der Waals surface area contributed by atoms with Crippen LogP contribution in [-0.4, -0.2) is 31.0 Å². The van der Waals surface area contributed by atoms with E-state index in [2.05, 4.69) is 19.9 Å². The number of imidazole rings is 1. The Bertz CT molecular complexity index is 1160. The highest BCUT2D eigenvalue weighted by Gasteiger charge is 2.14. The zero-order valence-electron chi connectivity index (χ0n) is 14.1. The Morgan fingerprint density at radius 1 is 1.22 bits per heavy atom. The number of carbonyl (C=O) groups is 1. The molecule has 0 radical (unpaired) electrons. The number of rotatable bonds is 4. The zero-order chi connectivity index (χ0) is 19.0. The first-order chi connectivity index (χ1) is 13.0. The number of nitrogens with zero attached hydrogens (tertiary/aromatic N) is 3. The summed E-state index contributed by atoms with van der Waals surface area (Å²) in [6.45, 7) is 1.72. The molecule has 8 heteroatoms. The molecule has 7 nitrogen and oxygen atoms in total. The lowest BCUT2D eigenvalue weighted by Gasteiger charge is -2.05. The van der Waals surface area contributed by atoms with Crippen molar-refractivity contribution in [3.8, 4) is 23.0 Å². The molecule has 0 aliphatic rings. The molecule has 0 aliphatic heterocycles. The number of pyridine rings is 2. The van der Waals surface area contributed by atoms with Crippen LogP contribution >= 0.6 is 11.6 Å². The fraction of sp³-hybridized carbons (Fsp3) is 0.0526. The second kappa shape index (κ2) is 6.69. The van der Waals surface area contributed by atoms with Crippen molar-refractivity contribution in [1.82, 2.24) is 19.9 Å². The minimum atomic E-state index is -1.02. The summed E-state index contributed by atoms with van der Waals surface area (Å²) in [5.41, 5.74) is 3.20. The molecule has 134 valence electrons. The topological polar surface area (TPSA) is 101 Å². The fourth-order valence-corrected chi connectivity index (χ4v) is 2.92. The number of hydrogen-bond donors (Lipinski definition) is 2. The monoisotopic (exact) mass is 380 g/mol. The third-order valence-corrected chi connectivity index (χ3v) is 4.28. The van der Waals surface area contributed by atoms with Crippen LogP contribution in [0.1, 0.15) is 15.9 Å². The van der Waals surface area contributed by atoms with Gasteiger partial charge >= 0.3 is 12.0 Å². The number of benzene rings is 1. The van der Waals surface area contributed by atoms with Gasteiger partial charge in [-0.15, -0.1) is 0 Å². The largest absolute Gasteiger partial charge is 0.478 e. The molecule has 0 saturated heterocycles. The van der Waals surface area contributed by atoms with E-state index in [1.54, 1.807) is 43.6 Å². The van der Waals surface area contributed by atoms with Crippen molar-refractivity contribution in [1.29, 1.82) is 0 Å². The molecule has 0 atom stereocenters. The normalized spacial score (nSPS) is 10.9. The molecular weight excluding hydrogens is 368 g/mol. The molecular formula is C19H13ClN4O3. The first-order valence-corrected chi connectivity index (χ1v) is 8.37. The number of ether oxygens (including phenoxy) is 1. The van der Waals surface area contributed by atoms with Crippen LogP contribution in [0.3, 0.4) is 0 Å². The highest BCUT2D eigenvalue weighted by molar-refractivity contribution is 6.33. The van der Waals surface area contributed by atoms with Crippen LogP contribution in [0.15, 0.2) is 48.8 Å². The molecule has 4 rings (SSSR count). The lowest BCUT2D eigenvalue weighted by molar-refractivity contribution is 0.0695. The van der Waals surface area contributed by atoms with Crippen molar-refractivity contribution >= 4 is 28.7 Å². The standard InChI is InChI=1S/C19H13ClN4O3/c1-10-4-5-12(7-13(10)18(25)26)27-19-22-15-8-14(20)16(23-17(15)24-19)11-3-2-6-21-9-11/h2-9H,1H3,(H,25,26)(H,22,23,24). The van der Waals surface area contributed by atoms with Gasteiger partial charge in [-0.3, -0.25) is 4.98 Å². The van der Waals surface area contributed by atoms with E-state index in [4.69, 9.17) is 16.3 Å². The molecule has 1 aromatic carbocycles. The molecule has 2 N–H and O–H groups in total. The summed E-state index contributed by atoms with van der Waals surface area (Å²) in [4.78, 5) is 27.1. The quantitative estimate of drug-likeness (QED) is 0.541. The van der Waals surface area contributed by atoms with Crippen molar-refractivity contribution in [3.63, 3.8) is 0 Å². The van der Waals surface area contributed by atoms with Crippen LogP contribution in [0.2, 0.25) is 5.02 Å². The van der Waals surface area contributed by atoms with E-state index in [9.17, 15) is 9.90 Å². The number of nitrogens with one attached hydrogen (secondary N) is 1. The third-order valence-electron chi connectivity index (χ3n) is 3.99. The summed E-state index contributed by atoms with van der Waals surface area (Å²) in [6, 6.07) is 10.4. The average Bonchev–Trinajstić information content (AvgIpc) is 3.04. The Kier molecular flexibility index (Phi) is 4.21. The van der Waals surface area contributed by atoms with Crippen LogP contribution < -0.4 is 4.74 Å². The molecule has 0 amide bonds. The SMILES string of the molecule is Cc1ccc(Oc2nc3nc(-c4cccnc4)c(Cl)cc3[nH]2)cc1C(=O)O. The highest BCUT2D eigenvalue weighted by Crippen LogP contribution is 2.30. The maximum Gasteiger partial charge on any atom is 0.336 e. The molecule has 0 spiro atoms. The molecule has 0 unspecified atom stereocenters. The smallest absolute Gasteiger partial charge is 0.336 e. The Morgan fingerprint density at radius 3 is 2.81 bits per heavy atom. The van der Waals surface area contributed by atoms with Crippen molar-refractivity contribution < 1.29 is 14.6 Å². The maximum absolute atomic E-state index is 11.3. The first-order valence-electron chi connectivity index (χ1n) is 8.00. The molecule has 4 aromatic rings. The summed E-state index contributed by atoms with van der Waals surface area (Å²) in [7, 11) is 0. The minimum Gasteiger partial charge on any atom is -0.478 e. The van der Waals surface area contributed by atoms with E-state index >= 15 is 0 Å². The lowest BCUT2D eigenvalue weighted by Crippen LogP contribution is -2.00.